The molecular weight excluding hydrogens is 392 g/mol. The predicted octanol–water partition coefficient (Wildman–Crippen LogP) is 3.99. The minimum atomic E-state index is 0.0270. The van der Waals surface area contributed by atoms with Crippen molar-refractivity contribution in [1.82, 2.24) is 9.80 Å². The molecule has 5 nitrogen and oxygen atoms in total. The van der Waals surface area contributed by atoms with Crippen LogP contribution in [0.25, 0.3) is 0 Å². The quantitative estimate of drug-likeness (QED) is 0.637. The largest absolute Gasteiger partial charge is 0.489 e. The van der Waals surface area contributed by atoms with Crippen molar-refractivity contribution in [2.75, 3.05) is 26.2 Å². The Labute approximate surface area is 171 Å². The van der Waals surface area contributed by atoms with Crippen LogP contribution < -0.4 is 4.74 Å². The summed E-state index contributed by atoms with van der Waals surface area (Å²) >= 11 is 2.89. The molecular formula is C21H20N2O3S2. The van der Waals surface area contributed by atoms with Crippen molar-refractivity contribution in [2.24, 2.45) is 0 Å². The smallest absolute Gasteiger partial charge is 0.264 e. The lowest BCUT2D eigenvalue weighted by atomic mass is 10.2. The van der Waals surface area contributed by atoms with Crippen molar-refractivity contribution in [3.05, 3.63) is 74.6 Å². The van der Waals surface area contributed by atoms with Crippen LogP contribution in [0.1, 0.15) is 24.9 Å². The summed E-state index contributed by atoms with van der Waals surface area (Å²) < 4.78 is 5.74. The third kappa shape index (κ3) is 4.26. The standard InChI is InChI=1S/C21H20N2O3S2/c24-20(18-7-4-12-27-18)22-8-10-23(11-9-22)21(25)19-13-16(15-28-19)14-26-17-5-2-1-3-6-17/h1-7,12-13,15H,8-11,14H2. The molecule has 3 aromatic rings. The molecule has 0 aliphatic carbocycles. The number of carbonyl (C=O) groups is 2. The van der Waals surface area contributed by atoms with Crippen LogP contribution >= 0.6 is 22.7 Å². The molecule has 3 heterocycles. The van der Waals surface area contributed by atoms with Crippen molar-refractivity contribution in [3.63, 3.8) is 0 Å². The molecule has 7 heteroatoms. The molecule has 0 saturated carbocycles. The first-order chi connectivity index (χ1) is 13.7. The van der Waals surface area contributed by atoms with Crippen molar-refractivity contribution < 1.29 is 14.3 Å². The maximum Gasteiger partial charge on any atom is 0.264 e. The van der Waals surface area contributed by atoms with E-state index in [9.17, 15) is 9.59 Å². The molecule has 2 aromatic heterocycles. The number of benzene rings is 1. The molecule has 1 aromatic carbocycles. The van der Waals surface area contributed by atoms with Gasteiger partial charge in [-0.05, 0) is 35.0 Å². The van der Waals surface area contributed by atoms with E-state index < -0.39 is 0 Å². The normalized spacial score (nSPS) is 14.1. The van der Waals surface area contributed by atoms with Crippen molar-refractivity contribution in [1.29, 1.82) is 0 Å². The minimum Gasteiger partial charge on any atom is -0.489 e. The van der Waals surface area contributed by atoms with Gasteiger partial charge in [0.05, 0.1) is 9.75 Å². The molecule has 0 atom stereocenters. The SMILES string of the molecule is O=C(c1cccs1)N1CCN(C(=O)c2cc(COc3ccccc3)cs2)CC1. The molecule has 4 rings (SSSR count). The second-order valence-electron chi connectivity index (χ2n) is 6.48. The van der Waals surface area contributed by atoms with E-state index in [2.05, 4.69) is 0 Å². The van der Waals surface area contributed by atoms with Crippen molar-refractivity contribution in [3.8, 4) is 5.75 Å². The minimum absolute atomic E-state index is 0.0270. The van der Waals surface area contributed by atoms with E-state index in [0.29, 0.717) is 37.7 Å². The zero-order valence-corrected chi connectivity index (χ0v) is 16.9. The third-order valence-electron chi connectivity index (χ3n) is 4.60. The van der Waals surface area contributed by atoms with Crippen LogP contribution in [0.5, 0.6) is 5.75 Å². The summed E-state index contributed by atoms with van der Waals surface area (Å²) in [6.07, 6.45) is 0. The number of thiophene rings is 2. The number of rotatable bonds is 5. The van der Waals surface area contributed by atoms with E-state index in [1.54, 1.807) is 0 Å². The Balaban J connectivity index is 1.30. The van der Waals surface area contributed by atoms with Gasteiger partial charge in [-0.15, -0.1) is 22.7 Å². The number of carbonyl (C=O) groups excluding carboxylic acids is 2. The number of ether oxygens (including phenoxy) is 1. The first kappa shape index (κ1) is 18.7. The lowest BCUT2D eigenvalue weighted by Gasteiger charge is -2.34. The molecule has 0 bridgehead atoms. The Morgan fingerprint density at radius 2 is 1.54 bits per heavy atom. The molecule has 0 N–H and O–H groups in total. The van der Waals surface area contributed by atoms with E-state index >= 15 is 0 Å². The first-order valence-electron chi connectivity index (χ1n) is 9.08. The highest BCUT2D eigenvalue weighted by molar-refractivity contribution is 7.12. The summed E-state index contributed by atoms with van der Waals surface area (Å²) in [6, 6.07) is 15.3. The maximum atomic E-state index is 12.8. The second-order valence-corrected chi connectivity index (χ2v) is 8.34. The third-order valence-corrected chi connectivity index (χ3v) is 6.42. The summed E-state index contributed by atoms with van der Waals surface area (Å²) in [5, 5.41) is 3.87. The molecule has 0 unspecified atom stereocenters. The number of hydrogen-bond acceptors (Lipinski definition) is 5. The number of amides is 2. The van der Waals surface area contributed by atoms with Gasteiger partial charge in [0.2, 0.25) is 0 Å². The summed E-state index contributed by atoms with van der Waals surface area (Å²) in [5.74, 6) is 0.894. The Hall–Kier alpha value is -2.64. The van der Waals surface area contributed by atoms with E-state index in [4.69, 9.17) is 4.74 Å². The molecule has 28 heavy (non-hydrogen) atoms. The molecule has 2 amide bonds. The van der Waals surface area contributed by atoms with Crippen LogP contribution in [0.15, 0.2) is 59.3 Å². The number of para-hydroxylation sites is 1. The molecule has 0 radical (unpaired) electrons. The van der Waals surface area contributed by atoms with Crippen molar-refractivity contribution >= 4 is 34.5 Å². The van der Waals surface area contributed by atoms with Gasteiger partial charge in [-0.3, -0.25) is 9.59 Å². The van der Waals surface area contributed by atoms with Gasteiger partial charge >= 0.3 is 0 Å². The van der Waals surface area contributed by atoms with Gasteiger partial charge in [-0.1, -0.05) is 24.3 Å². The van der Waals surface area contributed by atoms with E-state index in [1.165, 1.54) is 22.7 Å². The van der Waals surface area contributed by atoms with Crippen LogP contribution in [0.4, 0.5) is 0 Å². The molecule has 144 valence electrons. The fourth-order valence-corrected chi connectivity index (χ4v) is 4.63. The first-order valence-corrected chi connectivity index (χ1v) is 10.8. The maximum absolute atomic E-state index is 12.8. The van der Waals surface area contributed by atoms with E-state index in [0.717, 1.165) is 16.2 Å². The van der Waals surface area contributed by atoms with Crippen LogP contribution in [-0.4, -0.2) is 47.8 Å². The van der Waals surface area contributed by atoms with Crippen LogP contribution in [-0.2, 0) is 6.61 Å². The van der Waals surface area contributed by atoms with Crippen LogP contribution in [0, 0.1) is 0 Å². The predicted molar refractivity (Wildman–Crippen MR) is 111 cm³/mol. The average molecular weight is 413 g/mol. The van der Waals surface area contributed by atoms with E-state index in [-0.39, 0.29) is 11.8 Å². The zero-order valence-electron chi connectivity index (χ0n) is 15.2. The van der Waals surface area contributed by atoms with Crippen LogP contribution in [0.2, 0.25) is 0 Å². The van der Waals surface area contributed by atoms with Gasteiger partial charge in [0.15, 0.2) is 0 Å². The average Bonchev–Trinajstić information content (AvgIpc) is 3.44. The fourth-order valence-electron chi connectivity index (χ4n) is 3.07. The van der Waals surface area contributed by atoms with Crippen molar-refractivity contribution in [2.45, 2.75) is 6.61 Å². The number of hydrogen-bond donors (Lipinski definition) is 0. The van der Waals surface area contributed by atoms with Gasteiger partial charge in [0.1, 0.15) is 12.4 Å². The number of piperazine rings is 1. The summed E-state index contributed by atoms with van der Waals surface area (Å²) in [5.41, 5.74) is 0.990. The summed E-state index contributed by atoms with van der Waals surface area (Å²) in [7, 11) is 0. The van der Waals surface area contributed by atoms with E-state index in [1.807, 2.05) is 69.1 Å². The fraction of sp³-hybridized carbons (Fsp3) is 0.238. The molecule has 1 saturated heterocycles. The van der Waals surface area contributed by atoms with Gasteiger partial charge in [0, 0.05) is 31.7 Å². The van der Waals surface area contributed by atoms with Gasteiger partial charge in [-0.2, -0.15) is 0 Å². The Kier molecular flexibility index (Phi) is 5.73. The Bertz CT molecular complexity index is 930. The Morgan fingerprint density at radius 3 is 2.18 bits per heavy atom. The lowest BCUT2D eigenvalue weighted by molar-refractivity contribution is 0.0540. The lowest BCUT2D eigenvalue weighted by Crippen LogP contribution is -2.50. The highest BCUT2D eigenvalue weighted by Crippen LogP contribution is 2.21. The van der Waals surface area contributed by atoms with Gasteiger partial charge in [0.25, 0.3) is 11.8 Å². The molecule has 1 aliphatic heterocycles. The second kappa shape index (κ2) is 8.58. The highest BCUT2D eigenvalue weighted by Gasteiger charge is 2.26. The van der Waals surface area contributed by atoms with Crippen LogP contribution in [0.3, 0.4) is 0 Å². The zero-order chi connectivity index (χ0) is 19.3. The Morgan fingerprint density at radius 1 is 0.857 bits per heavy atom. The monoisotopic (exact) mass is 412 g/mol. The summed E-state index contributed by atoms with van der Waals surface area (Å²) in [4.78, 5) is 30.3. The highest BCUT2D eigenvalue weighted by atomic mass is 32.1. The molecule has 1 aliphatic rings. The number of nitrogens with zero attached hydrogens (tertiary/aromatic N) is 2. The molecule has 0 spiro atoms. The van der Waals surface area contributed by atoms with Gasteiger partial charge < -0.3 is 14.5 Å². The molecule has 1 fully saturated rings. The topological polar surface area (TPSA) is 49.9 Å². The summed E-state index contributed by atoms with van der Waals surface area (Å²) in [6.45, 7) is 2.69. The van der Waals surface area contributed by atoms with Gasteiger partial charge in [-0.25, -0.2) is 0 Å².